The van der Waals surface area contributed by atoms with E-state index in [4.69, 9.17) is 10.2 Å². The van der Waals surface area contributed by atoms with Crippen LogP contribution in [-0.2, 0) is 0 Å². The third-order valence-corrected chi connectivity index (χ3v) is 0.548. The van der Waals surface area contributed by atoms with Crippen molar-refractivity contribution in [1.29, 1.82) is 0 Å². The Morgan fingerprint density at radius 2 is 2.25 bits per heavy atom. The minimum absolute atomic E-state index is 0.0692. The van der Waals surface area contributed by atoms with Gasteiger partial charge in [-0.05, 0) is 6.92 Å². The maximum absolute atomic E-state index is 8.52. The second-order valence-electron chi connectivity index (χ2n) is 1.47. The molecule has 0 aliphatic heterocycles. The van der Waals surface area contributed by atoms with Gasteiger partial charge in [-0.25, -0.2) is 5.43 Å². The molecule has 8 heavy (non-hydrogen) atoms. The van der Waals surface area contributed by atoms with Gasteiger partial charge in [0.2, 0.25) is 0 Å². The van der Waals surface area contributed by atoms with Gasteiger partial charge >= 0.3 is 0 Å². The lowest BCUT2D eigenvalue weighted by Gasteiger charge is -2.06. The number of aliphatic hydroxyl groups excluding tert-OH is 2. The average molecular weight is 120 g/mol. The number of hydrogen-bond donors (Lipinski definition) is 4. The molecule has 0 spiro atoms. The van der Waals surface area contributed by atoms with Crippen molar-refractivity contribution in [3.63, 3.8) is 0 Å². The molecule has 0 rings (SSSR count). The molecule has 1 atom stereocenters. The molecule has 0 aromatic carbocycles. The van der Waals surface area contributed by atoms with Crippen molar-refractivity contribution in [1.82, 2.24) is 10.9 Å². The van der Waals surface area contributed by atoms with Crippen molar-refractivity contribution in [3.05, 3.63) is 0 Å². The van der Waals surface area contributed by atoms with E-state index in [2.05, 4.69) is 10.9 Å². The van der Waals surface area contributed by atoms with E-state index in [0.29, 0.717) is 6.54 Å². The molecule has 4 N–H and O–H groups in total. The van der Waals surface area contributed by atoms with Gasteiger partial charge in [-0.2, -0.15) is 0 Å². The molecule has 0 amide bonds. The van der Waals surface area contributed by atoms with Gasteiger partial charge in [0.05, 0.1) is 6.61 Å². The van der Waals surface area contributed by atoms with Crippen LogP contribution in [0.3, 0.4) is 0 Å². The van der Waals surface area contributed by atoms with Crippen molar-refractivity contribution in [2.45, 2.75) is 13.2 Å². The first-order valence-electron chi connectivity index (χ1n) is 2.54. The largest absolute Gasteiger partial charge is 0.395 e. The zero-order valence-corrected chi connectivity index (χ0v) is 4.89. The molecule has 0 bridgehead atoms. The summed E-state index contributed by atoms with van der Waals surface area (Å²) in [5, 5.41) is 16.7. The summed E-state index contributed by atoms with van der Waals surface area (Å²) in [6.07, 6.45) is -0.568. The summed E-state index contributed by atoms with van der Waals surface area (Å²) < 4.78 is 0. The van der Waals surface area contributed by atoms with Crippen LogP contribution in [0.1, 0.15) is 6.92 Å². The highest BCUT2D eigenvalue weighted by Gasteiger charge is 1.87. The van der Waals surface area contributed by atoms with E-state index in [1.807, 2.05) is 0 Å². The van der Waals surface area contributed by atoms with E-state index in [0.717, 1.165) is 0 Å². The van der Waals surface area contributed by atoms with Crippen molar-refractivity contribution < 1.29 is 10.2 Å². The van der Waals surface area contributed by atoms with Gasteiger partial charge in [-0.1, -0.05) is 0 Å². The highest BCUT2D eigenvalue weighted by molar-refractivity contribution is 4.37. The van der Waals surface area contributed by atoms with Crippen LogP contribution in [-0.4, -0.2) is 29.6 Å². The van der Waals surface area contributed by atoms with Gasteiger partial charge in [0.25, 0.3) is 0 Å². The third kappa shape index (κ3) is 5.84. The predicted octanol–water partition coefficient (Wildman–Crippen LogP) is -1.59. The fourth-order valence-electron chi connectivity index (χ4n) is 0.276. The number of rotatable bonds is 4. The predicted molar refractivity (Wildman–Crippen MR) is 29.9 cm³/mol. The normalized spacial score (nSPS) is 13.9. The Bertz CT molecular complexity index is 49.3. The van der Waals surface area contributed by atoms with Crippen LogP contribution < -0.4 is 10.9 Å². The van der Waals surface area contributed by atoms with E-state index < -0.39 is 6.23 Å². The number of hydrazine groups is 1. The standard InChI is InChI=1S/C4H12N2O2/c1-4(8)6-5-2-3-7/h4-8H,2-3H2,1H3. The molecule has 0 saturated carbocycles. The SMILES string of the molecule is CC(O)NNCCO. The van der Waals surface area contributed by atoms with Crippen LogP contribution in [0.5, 0.6) is 0 Å². The topological polar surface area (TPSA) is 64.5 Å². The van der Waals surface area contributed by atoms with Crippen LogP contribution in [0, 0.1) is 0 Å². The highest BCUT2D eigenvalue weighted by Crippen LogP contribution is 1.62. The van der Waals surface area contributed by atoms with Crippen molar-refractivity contribution in [3.8, 4) is 0 Å². The maximum Gasteiger partial charge on any atom is 0.114 e. The highest BCUT2D eigenvalue weighted by atomic mass is 16.3. The average Bonchev–Trinajstić information content (AvgIpc) is 1.66. The van der Waals surface area contributed by atoms with Gasteiger partial charge in [0.1, 0.15) is 6.23 Å². The summed E-state index contributed by atoms with van der Waals surface area (Å²) in [4.78, 5) is 0. The second-order valence-corrected chi connectivity index (χ2v) is 1.47. The summed E-state index contributed by atoms with van der Waals surface area (Å²) in [6, 6.07) is 0. The van der Waals surface area contributed by atoms with Crippen LogP contribution in [0.4, 0.5) is 0 Å². The summed E-state index contributed by atoms with van der Waals surface area (Å²) in [6.45, 7) is 2.11. The van der Waals surface area contributed by atoms with Gasteiger partial charge in [-0.15, -0.1) is 0 Å². The lowest BCUT2D eigenvalue weighted by atomic mass is 10.7. The van der Waals surface area contributed by atoms with Crippen LogP contribution in [0.15, 0.2) is 0 Å². The molecule has 4 heteroatoms. The van der Waals surface area contributed by atoms with Crippen LogP contribution in [0.25, 0.3) is 0 Å². The lowest BCUT2D eigenvalue weighted by Crippen LogP contribution is -2.40. The quantitative estimate of drug-likeness (QED) is 0.205. The molecule has 50 valence electrons. The Hall–Kier alpha value is -0.160. The summed E-state index contributed by atoms with van der Waals surface area (Å²) in [5.74, 6) is 0. The third-order valence-electron chi connectivity index (χ3n) is 0.548. The van der Waals surface area contributed by atoms with E-state index in [1.165, 1.54) is 0 Å². The van der Waals surface area contributed by atoms with Crippen molar-refractivity contribution in [2.75, 3.05) is 13.2 Å². The smallest absolute Gasteiger partial charge is 0.114 e. The molecule has 0 aromatic rings. The Morgan fingerprint density at radius 1 is 1.62 bits per heavy atom. The van der Waals surface area contributed by atoms with E-state index >= 15 is 0 Å². The Morgan fingerprint density at radius 3 is 2.62 bits per heavy atom. The molecular weight excluding hydrogens is 108 g/mol. The Kier molecular flexibility index (Phi) is 4.89. The number of nitrogens with one attached hydrogen (secondary N) is 2. The fourth-order valence-corrected chi connectivity index (χ4v) is 0.276. The monoisotopic (exact) mass is 120 g/mol. The molecule has 0 radical (unpaired) electrons. The van der Waals surface area contributed by atoms with E-state index in [-0.39, 0.29) is 6.61 Å². The lowest BCUT2D eigenvalue weighted by molar-refractivity contribution is 0.133. The molecule has 1 unspecified atom stereocenters. The fraction of sp³-hybridized carbons (Fsp3) is 1.00. The molecule has 0 fully saturated rings. The van der Waals surface area contributed by atoms with Gasteiger partial charge in [-0.3, -0.25) is 5.43 Å². The van der Waals surface area contributed by atoms with Gasteiger partial charge in [0.15, 0.2) is 0 Å². The number of hydrogen-bond acceptors (Lipinski definition) is 4. The Labute approximate surface area is 48.5 Å². The molecule has 0 aliphatic rings. The molecule has 0 aromatic heterocycles. The molecule has 0 heterocycles. The maximum atomic E-state index is 8.52. The minimum atomic E-state index is -0.568. The minimum Gasteiger partial charge on any atom is -0.395 e. The van der Waals surface area contributed by atoms with Crippen molar-refractivity contribution >= 4 is 0 Å². The van der Waals surface area contributed by atoms with Crippen LogP contribution in [0.2, 0.25) is 0 Å². The van der Waals surface area contributed by atoms with E-state index in [9.17, 15) is 0 Å². The van der Waals surface area contributed by atoms with Gasteiger partial charge in [0, 0.05) is 6.54 Å². The van der Waals surface area contributed by atoms with E-state index in [1.54, 1.807) is 6.92 Å². The first-order chi connectivity index (χ1) is 3.77. The molecule has 0 aliphatic carbocycles. The Balaban J connectivity index is 2.72. The molecule has 4 nitrogen and oxygen atoms in total. The van der Waals surface area contributed by atoms with Crippen LogP contribution >= 0.6 is 0 Å². The van der Waals surface area contributed by atoms with Crippen molar-refractivity contribution in [2.24, 2.45) is 0 Å². The molecular formula is C4H12N2O2. The second kappa shape index (κ2) is 4.99. The zero-order chi connectivity index (χ0) is 6.41. The molecule has 0 saturated heterocycles. The number of aliphatic hydroxyl groups is 2. The summed E-state index contributed by atoms with van der Waals surface area (Å²) in [5.41, 5.74) is 5.08. The zero-order valence-electron chi connectivity index (χ0n) is 4.89. The first kappa shape index (κ1) is 7.84. The van der Waals surface area contributed by atoms with Gasteiger partial charge < -0.3 is 10.2 Å². The summed E-state index contributed by atoms with van der Waals surface area (Å²) in [7, 11) is 0. The summed E-state index contributed by atoms with van der Waals surface area (Å²) >= 11 is 0. The first-order valence-corrected chi connectivity index (χ1v) is 2.54.